The molecule has 0 bridgehead atoms. The van der Waals surface area contributed by atoms with Crippen LogP contribution in [0.5, 0.6) is 11.5 Å². The Bertz CT molecular complexity index is 778. The van der Waals surface area contributed by atoms with Crippen molar-refractivity contribution in [1.82, 2.24) is 0 Å². The molecular weight excluding hydrogens is 452 g/mol. The predicted molar refractivity (Wildman–Crippen MR) is 139 cm³/mol. The van der Waals surface area contributed by atoms with Crippen molar-refractivity contribution in [2.75, 3.05) is 27.4 Å². The number of hydrogen-bond donors (Lipinski definition) is 0. The second kappa shape index (κ2) is 11.4. The molecule has 33 heavy (non-hydrogen) atoms. The first-order chi connectivity index (χ1) is 14.9. The van der Waals surface area contributed by atoms with Gasteiger partial charge >= 0.3 is 5.97 Å². The van der Waals surface area contributed by atoms with Crippen LogP contribution in [0.15, 0.2) is 18.2 Å². The fourth-order valence-electron chi connectivity index (χ4n) is 2.66. The van der Waals surface area contributed by atoms with Crippen LogP contribution in [0, 0.1) is 0 Å². The first-order valence-corrected chi connectivity index (χ1v) is 17.5. The minimum Gasteiger partial charge on any atom is -0.493 e. The minimum atomic E-state index is -2.04. The summed E-state index contributed by atoms with van der Waals surface area (Å²) in [6.07, 6.45) is 0.629. The van der Waals surface area contributed by atoms with Crippen molar-refractivity contribution in [1.29, 1.82) is 0 Å². The van der Waals surface area contributed by atoms with Gasteiger partial charge in [-0.25, -0.2) is 4.79 Å². The highest BCUT2D eigenvalue weighted by Gasteiger charge is 2.40. The summed E-state index contributed by atoms with van der Waals surface area (Å²) in [5.74, 6) is 0.615. The van der Waals surface area contributed by atoms with Crippen LogP contribution >= 0.6 is 0 Å². The quantitative estimate of drug-likeness (QED) is 0.249. The van der Waals surface area contributed by atoms with Crippen molar-refractivity contribution >= 4 is 22.6 Å². The summed E-state index contributed by atoms with van der Waals surface area (Å²) < 4.78 is 29.1. The van der Waals surface area contributed by atoms with E-state index in [1.807, 2.05) is 18.2 Å². The first-order valence-electron chi connectivity index (χ1n) is 11.6. The molecule has 0 saturated carbocycles. The molecule has 0 aliphatic rings. The standard InChI is InChI=1S/C25H46O6Si2/c1-24(2,3)32(9,10)30-16-15-20(31-33(11,12)25(4,5)6)19-13-14-21(22(17-19)27-7)29-18-23(26)28-8/h13-14,17,20H,15-16,18H2,1-12H3. The Hall–Kier alpha value is -1.36. The molecule has 1 rings (SSSR count). The van der Waals surface area contributed by atoms with Gasteiger partial charge in [-0.1, -0.05) is 47.6 Å². The molecule has 8 heteroatoms. The van der Waals surface area contributed by atoms with E-state index in [1.165, 1.54) is 7.11 Å². The largest absolute Gasteiger partial charge is 0.493 e. The van der Waals surface area contributed by atoms with E-state index in [2.05, 4.69) is 72.5 Å². The van der Waals surface area contributed by atoms with Crippen molar-refractivity contribution in [3.8, 4) is 11.5 Å². The van der Waals surface area contributed by atoms with E-state index >= 15 is 0 Å². The molecule has 0 aliphatic heterocycles. The molecule has 6 nitrogen and oxygen atoms in total. The highest BCUT2D eigenvalue weighted by molar-refractivity contribution is 6.74. The highest BCUT2D eigenvalue weighted by Crippen LogP contribution is 2.42. The average Bonchev–Trinajstić information content (AvgIpc) is 2.69. The molecular formula is C25H46O6Si2. The summed E-state index contributed by atoms with van der Waals surface area (Å²) in [6, 6.07) is 5.75. The van der Waals surface area contributed by atoms with Gasteiger partial charge in [-0.3, -0.25) is 0 Å². The Morgan fingerprint density at radius 1 is 0.909 bits per heavy atom. The molecule has 0 N–H and O–H groups in total. The van der Waals surface area contributed by atoms with E-state index in [0.717, 1.165) is 12.0 Å². The van der Waals surface area contributed by atoms with Crippen LogP contribution in [0.4, 0.5) is 0 Å². The molecule has 1 unspecified atom stereocenters. The second-order valence-electron chi connectivity index (χ2n) is 11.5. The number of carbonyl (C=O) groups is 1. The third-order valence-electron chi connectivity index (χ3n) is 7.02. The summed E-state index contributed by atoms with van der Waals surface area (Å²) in [6.45, 7) is 23.0. The lowest BCUT2D eigenvalue weighted by molar-refractivity contribution is -0.142. The van der Waals surface area contributed by atoms with Gasteiger partial charge in [0.2, 0.25) is 0 Å². The van der Waals surface area contributed by atoms with Gasteiger partial charge in [-0.05, 0) is 60.4 Å². The van der Waals surface area contributed by atoms with Gasteiger partial charge in [-0.2, -0.15) is 0 Å². The van der Waals surface area contributed by atoms with Crippen molar-refractivity contribution in [3.05, 3.63) is 23.8 Å². The number of esters is 1. The SMILES string of the molecule is COC(=O)COc1ccc(C(CCO[Si](C)(C)C(C)(C)C)O[Si](C)(C)C(C)(C)C)cc1OC. The van der Waals surface area contributed by atoms with Crippen LogP contribution in [0.2, 0.25) is 36.3 Å². The van der Waals surface area contributed by atoms with Gasteiger partial charge in [0.1, 0.15) is 0 Å². The molecule has 1 atom stereocenters. The van der Waals surface area contributed by atoms with E-state index < -0.39 is 22.6 Å². The molecule has 1 aromatic rings. The maximum atomic E-state index is 11.5. The third-order valence-corrected chi connectivity index (χ3v) is 16.0. The Balaban J connectivity index is 3.18. The molecule has 0 amide bonds. The maximum absolute atomic E-state index is 11.5. The van der Waals surface area contributed by atoms with Crippen LogP contribution < -0.4 is 9.47 Å². The number of carbonyl (C=O) groups excluding carboxylic acids is 1. The highest BCUT2D eigenvalue weighted by atomic mass is 28.4. The van der Waals surface area contributed by atoms with Crippen molar-refractivity contribution < 1.29 is 27.9 Å². The number of benzene rings is 1. The van der Waals surface area contributed by atoms with Gasteiger partial charge in [0.25, 0.3) is 0 Å². The molecule has 0 spiro atoms. The molecule has 1 aromatic carbocycles. The second-order valence-corrected chi connectivity index (χ2v) is 21.1. The molecule has 0 fully saturated rings. The molecule has 190 valence electrons. The van der Waals surface area contributed by atoms with Gasteiger partial charge in [-0.15, -0.1) is 0 Å². The van der Waals surface area contributed by atoms with E-state index in [1.54, 1.807) is 7.11 Å². The zero-order chi connectivity index (χ0) is 25.7. The summed E-state index contributed by atoms with van der Waals surface area (Å²) in [5, 5.41) is 0.240. The molecule has 0 heterocycles. The summed E-state index contributed by atoms with van der Waals surface area (Å²) in [7, 11) is -0.964. The van der Waals surface area contributed by atoms with Gasteiger partial charge in [0.15, 0.2) is 34.7 Å². The van der Waals surface area contributed by atoms with E-state index in [4.69, 9.17) is 18.3 Å². The predicted octanol–water partition coefficient (Wildman–Crippen LogP) is 6.72. The van der Waals surface area contributed by atoms with Crippen LogP contribution in [-0.4, -0.2) is 50.0 Å². The number of ether oxygens (including phenoxy) is 3. The lowest BCUT2D eigenvalue weighted by Gasteiger charge is -2.40. The minimum absolute atomic E-state index is 0.0825. The first kappa shape index (κ1) is 29.7. The summed E-state index contributed by atoms with van der Waals surface area (Å²) in [5.41, 5.74) is 1.01. The van der Waals surface area contributed by atoms with Gasteiger partial charge < -0.3 is 23.1 Å². The summed E-state index contributed by atoms with van der Waals surface area (Å²) >= 11 is 0. The van der Waals surface area contributed by atoms with E-state index in [-0.39, 0.29) is 22.8 Å². The van der Waals surface area contributed by atoms with Crippen LogP contribution in [0.1, 0.15) is 59.6 Å². The normalized spacial score (nSPS) is 14.1. The molecule has 0 aromatic heterocycles. The molecule has 0 radical (unpaired) electrons. The Morgan fingerprint density at radius 3 is 1.97 bits per heavy atom. The Labute approximate surface area is 203 Å². The zero-order valence-electron chi connectivity index (χ0n) is 22.9. The average molecular weight is 499 g/mol. The monoisotopic (exact) mass is 498 g/mol. The van der Waals surface area contributed by atoms with Crippen molar-refractivity contribution in [2.45, 2.75) is 90.3 Å². The number of rotatable bonds is 11. The van der Waals surface area contributed by atoms with Crippen LogP contribution in [-0.2, 0) is 18.4 Å². The number of hydrogen-bond acceptors (Lipinski definition) is 6. The van der Waals surface area contributed by atoms with Crippen molar-refractivity contribution in [3.63, 3.8) is 0 Å². The van der Waals surface area contributed by atoms with Gasteiger partial charge in [0, 0.05) is 6.61 Å². The zero-order valence-corrected chi connectivity index (χ0v) is 24.9. The van der Waals surface area contributed by atoms with Crippen molar-refractivity contribution in [2.24, 2.45) is 0 Å². The lowest BCUT2D eigenvalue weighted by atomic mass is 10.1. The third kappa shape index (κ3) is 8.42. The summed E-state index contributed by atoms with van der Waals surface area (Å²) in [4.78, 5) is 11.5. The molecule has 0 saturated heterocycles. The van der Waals surface area contributed by atoms with E-state index in [0.29, 0.717) is 18.1 Å². The lowest BCUT2D eigenvalue weighted by Crippen LogP contribution is -2.43. The van der Waals surface area contributed by atoms with Crippen LogP contribution in [0.3, 0.4) is 0 Å². The fourth-order valence-corrected chi connectivity index (χ4v) is 5.04. The number of methoxy groups -OCH3 is 2. The van der Waals surface area contributed by atoms with E-state index in [9.17, 15) is 4.79 Å². The fraction of sp³-hybridized carbons (Fsp3) is 0.720. The topological polar surface area (TPSA) is 63.2 Å². The Morgan fingerprint density at radius 2 is 1.48 bits per heavy atom. The van der Waals surface area contributed by atoms with Gasteiger partial charge in [0.05, 0.1) is 20.3 Å². The molecule has 0 aliphatic carbocycles. The smallest absolute Gasteiger partial charge is 0.343 e. The maximum Gasteiger partial charge on any atom is 0.343 e. The Kier molecular flexibility index (Phi) is 10.2. The van der Waals surface area contributed by atoms with Crippen LogP contribution in [0.25, 0.3) is 0 Å².